The molecule has 0 unspecified atom stereocenters. The largest absolute Gasteiger partial charge is 0.490 e. The van der Waals surface area contributed by atoms with Crippen molar-refractivity contribution in [2.24, 2.45) is 0 Å². The minimum atomic E-state index is -5.37. The molecule has 0 saturated heterocycles. The van der Waals surface area contributed by atoms with Gasteiger partial charge in [0.2, 0.25) is 0 Å². The zero-order valence-electron chi connectivity index (χ0n) is 29.2. The Morgan fingerprint density at radius 1 is 0.885 bits per heavy atom. The van der Waals surface area contributed by atoms with Crippen LogP contribution >= 0.6 is 0 Å². The third kappa shape index (κ3) is 11.2. The molecular formula is C38H42F5N5O4. The van der Waals surface area contributed by atoms with Crippen LogP contribution in [0.1, 0.15) is 71.0 Å². The van der Waals surface area contributed by atoms with Gasteiger partial charge >= 0.3 is 12.1 Å². The lowest BCUT2D eigenvalue weighted by Crippen LogP contribution is -2.51. The van der Waals surface area contributed by atoms with Gasteiger partial charge in [0.1, 0.15) is 17.7 Å². The number of rotatable bonds is 17. The zero-order valence-corrected chi connectivity index (χ0v) is 29.2. The molecule has 1 aromatic heterocycles. The highest BCUT2D eigenvalue weighted by molar-refractivity contribution is 6.01. The average Bonchev–Trinajstić information content (AvgIpc) is 3.65. The van der Waals surface area contributed by atoms with Crippen LogP contribution in [0.25, 0.3) is 11.3 Å². The van der Waals surface area contributed by atoms with Gasteiger partial charge in [-0.25, -0.2) is 18.6 Å². The summed E-state index contributed by atoms with van der Waals surface area (Å²) in [5, 5.41) is 5.64. The van der Waals surface area contributed by atoms with Crippen molar-refractivity contribution in [1.82, 2.24) is 25.5 Å². The van der Waals surface area contributed by atoms with Gasteiger partial charge in [-0.1, -0.05) is 45.0 Å². The van der Waals surface area contributed by atoms with E-state index in [9.17, 15) is 36.3 Å². The van der Waals surface area contributed by atoms with Crippen LogP contribution in [-0.2, 0) is 28.9 Å². The standard InChI is InChI=1S/C38H42F5N5O4/c1-4-10-48(11-5-2)36(50)29-17-27(33-21-45-23-46-33)16-28(18-29)35(49)47-32(15-26-13-30(39)19-31(40)14-26)34(52-37(51)38(41,42)43)22-44-20-25-9-7-8-24(6-3)12-25/h7-9,12-14,16-19,21,23,32,34,44H,4-6,10-11,15,20,22H2,1-3H3,(H,45,46)(H,47,49)/t32-,34+/m0/s1. The molecule has 2 amide bonds. The fraction of sp³-hybridized carbons (Fsp3) is 0.368. The maximum Gasteiger partial charge on any atom is 0.490 e. The number of ether oxygens (including phenoxy) is 1. The fourth-order valence-corrected chi connectivity index (χ4v) is 5.78. The summed E-state index contributed by atoms with van der Waals surface area (Å²) in [4.78, 5) is 48.7. The van der Waals surface area contributed by atoms with Crippen LogP contribution in [0.5, 0.6) is 0 Å². The lowest BCUT2D eigenvalue weighted by molar-refractivity contribution is -0.205. The Labute approximate surface area is 299 Å². The van der Waals surface area contributed by atoms with Crippen molar-refractivity contribution in [3.05, 3.63) is 113 Å². The number of aromatic nitrogens is 2. The third-order valence-corrected chi connectivity index (χ3v) is 8.22. The number of esters is 1. The van der Waals surface area contributed by atoms with E-state index in [4.69, 9.17) is 4.74 Å². The first-order chi connectivity index (χ1) is 24.8. The van der Waals surface area contributed by atoms with Crippen molar-refractivity contribution in [2.45, 2.75) is 71.3 Å². The number of aromatic amines is 1. The van der Waals surface area contributed by atoms with Crippen molar-refractivity contribution in [1.29, 1.82) is 0 Å². The summed E-state index contributed by atoms with van der Waals surface area (Å²) < 4.78 is 74.2. The number of hydrogen-bond acceptors (Lipinski definition) is 6. The molecule has 4 rings (SSSR count). The predicted octanol–water partition coefficient (Wildman–Crippen LogP) is 6.78. The molecular weight excluding hydrogens is 685 g/mol. The molecule has 0 radical (unpaired) electrons. The normalized spacial score (nSPS) is 12.6. The van der Waals surface area contributed by atoms with Crippen LogP contribution in [0.3, 0.4) is 0 Å². The first kappa shape index (κ1) is 39.7. The van der Waals surface area contributed by atoms with E-state index in [1.54, 1.807) is 17.2 Å². The molecule has 52 heavy (non-hydrogen) atoms. The Morgan fingerprint density at radius 2 is 1.56 bits per heavy atom. The van der Waals surface area contributed by atoms with Crippen LogP contribution in [0.4, 0.5) is 22.0 Å². The smallest absolute Gasteiger partial charge is 0.452 e. The zero-order chi connectivity index (χ0) is 37.8. The van der Waals surface area contributed by atoms with Gasteiger partial charge in [-0.15, -0.1) is 0 Å². The highest BCUT2D eigenvalue weighted by Gasteiger charge is 2.43. The molecule has 0 spiro atoms. The van der Waals surface area contributed by atoms with Gasteiger partial charge in [0.25, 0.3) is 11.8 Å². The predicted molar refractivity (Wildman–Crippen MR) is 185 cm³/mol. The number of carbonyl (C=O) groups excluding carboxylic acids is 3. The molecule has 3 N–H and O–H groups in total. The fourth-order valence-electron chi connectivity index (χ4n) is 5.78. The molecule has 0 fully saturated rings. The van der Waals surface area contributed by atoms with Crippen LogP contribution in [-0.4, -0.2) is 70.6 Å². The minimum absolute atomic E-state index is 0.0117. The molecule has 4 aromatic rings. The van der Waals surface area contributed by atoms with Gasteiger partial charge in [-0.3, -0.25) is 9.59 Å². The van der Waals surface area contributed by atoms with Gasteiger partial charge in [0.15, 0.2) is 0 Å². The van der Waals surface area contributed by atoms with E-state index >= 15 is 0 Å². The SMILES string of the molecule is CCCN(CCC)C(=O)c1cc(C(=O)N[C@@H](Cc2cc(F)cc(F)c2)[C@@H](CNCc2cccc(CC)c2)OC(=O)C(F)(F)F)cc(-c2c[nH]cn2)c1. The molecule has 1 heterocycles. The number of hydrogen-bond donors (Lipinski definition) is 3. The molecule has 9 nitrogen and oxygen atoms in total. The second-order valence-electron chi connectivity index (χ2n) is 12.4. The number of aryl methyl sites for hydroxylation is 1. The van der Waals surface area contributed by atoms with Gasteiger partial charge in [-0.2, -0.15) is 13.2 Å². The lowest BCUT2D eigenvalue weighted by atomic mass is 9.98. The monoisotopic (exact) mass is 727 g/mol. The van der Waals surface area contributed by atoms with Crippen molar-refractivity contribution in [3.8, 4) is 11.3 Å². The Morgan fingerprint density at radius 3 is 2.17 bits per heavy atom. The second-order valence-corrected chi connectivity index (χ2v) is 12.4. The third-order valence-electron chi connectivity index (χ3n) is 8.22. The highest BCUT2D eigenvalue weighted by Crippen LogP contribution is 2.24. The van der Waals surface area contributed by atoms with Crippen LogP contribution in [0.15, 0.2) is 73.2 Å². The topological polar surface area (TPSA) is 116 Å². The minimum Gasteiger partial charge on any atom is -0.452 e. The Kier molecular flexibility index (Phi) is 14.0. The van der Waals surface area contributed by atoms with Gasteiger partial charge in [0.05, 0.1) is 18.1 Å². The number of halogens is 5. The van der Waals surface area contributed by atoms with E-state index in [0.717, 1.165) is 29.7 Å². The van der Waals surface area contributed by atoms with Crippen molar-refractivity contribution < 1.29 is 41.1 Å². The van der Waals surface area contributed by atoms with Gasteiger partial charge in [-0.05, 0) is 72.7 Å². The molecule has 0 aliphatic carbocycles. The Balaban J connectivity index is 1.73. The molecule has 278 valence electrons. The lowest BCUT2D eigenvalue weighted by Gasteiger charge is -2.29. The van der Waals surface area contributed by atoms with E-state index in [1.807, 2.05) is 45.0 Å². The Hall–Kier alpha value is -5.11. The van der Waals surface area contributed by atoms with E-state index in [0.29, 0.717) is 43.3 Å². The maximum atomic E-state index is 14.3. The summed E-state index contributed by atoms with van der Waals surface area (Å²) in [6.45, 7) is 6.56. The number of alkyl halides is 3. The number of H-pyrrole nitrogens is 1. The summed E-state index contributed by atoms with van der Waals surface area (Å²) in [6.07, 6.45) is -2.34. The van der Waals surface area contributed by atoms with E-state index in [1.165, 1.54) is 18.5 Å². The Bertz CT molecular complexity index is 1790. The summed E-state index contributed by atoms with van der Waals surface area (Å²) in [6, 6.07) is 13.0. The summed E-state index contributed by atoms with van der Waals surface area (Å²) in [5.41, 5.74) is 2.78. The summed E-state index contributed by atoms with van der Waals surface area (Å²) >= 11 is 0. The number of carbonyl (C=O) groups is 3. The second kappa shape index (κ2) is 18.4. The van der Waals surface area contributed by atoms with E-state index in [-0.39, 0.29) is 35.7 Å². The number of benzene rings is 3. The molecule has 3 aromatic carbocycles. The number of imidazole rings is 1. The van der Waals surface area contributed by atoms with Crippen molar-refractivity contribution >= 4 is 17.8 Å². The van der Waals surface area contributed by atoms with E-state index in [2.05, 4.69) is 20.6 Å². The number of nitrogens with zero attached hydrogens (tertiary/aromatic N) is 2. The highest BCUT2D eigenvalue weighted by atomic mass is 19.4. The van der Waals surface area contributed by atoms with Crippen LogP contribution in [0, 0.1) is 11.6 Å². The molecule has 0 bridgehead atoms. The van der Waals surface area contributed by atoms with Crippen LogP contribution < -0.4 is 10.6 Å². The van der Waals surface area contributed by atoms with E-state index < -0.39 is 48.3 Å². The number of nitrogens with one attached hydrogen (secondary N) is 3. The van der Waals surface area contributed by atoms with Gasteiger partial charge < -0.3 is 25.3 Å². The molecule has 0 aliphatic rings. The first-order valence-corrected chi connectivity index (χ1v) is 17.1. The molecule has 14 heteroatoms. The number of amides is 2. The van der Waals surface area contributed by atoms with Crippen LogP contribution in [0.2, 0.25) is 0 Å². The van der Waals surface area contributed by atoms with Gasteiger partial charge in [0, 0.05) is 55.1 Å². The summed E-state index contributed by atoms with van der Waals surface area (Å²) in [7, 11) is 0. The molecule has 0 saturated carbocycles. The first-order valence-electron chi connectivity index (χ1n) is 17.1. The quantitative estimate of drug-likeness (QED) is 0.0816. The van der Waals surface area contributed by atoms with Crippen molar-refractivity contribution in [2.75, 3.05) is 19.6 Å². The maximum absolute atomic E-state index is 14.3. The molecule has 0 aliphatic heterocycles. The van der Waals surface area contributed by atoms with Crippen molar-refractivity contribution in [3.63, 3.8) is 0 Å². The summed E-state index contributed by atoms with van der Waals surface area (Å²) in [5.74, 6) is -5.57. The average molecular weight is 728 g/mol. The molecule has 2 atom stereocenters.